The predicted octanol–water partition coefficient (Wildman–Crippen LogP) is 5.40. The summed E-state index contributed by atoms with van der Waals surface area (Å²) in [6, 6.07) is 12.2. The number of benzene rings is 2. The molecule has 5 nitrogen and oxygen atoms in total. The van der Waals surface area contributed by atoms with Crippen LogP contribution in [0.25, 0.3) is 10.9 Å². The molecular formula is C26H30N2O3. The van der Waals surface area contributed by atoms with Crippen LogP contribution in [-0.4, -0.2) is 40.7 Å². The zero-order valence-corrected chi connectivity index (χ0v) is 18.2. The average molecular weight is 419 g/mol. The van der Waals surface area contributed by atoms with Gasteiger partial charge in [0, 0.05) is 43.3 Å². The highest BCUT2D eigenvalue weighted by molar-refractivity contribution is 5.88. The van der Waals surface area contributed by atoms with Crippen molar-refractivity contribution in [2.45, 2.75) is 57.2 Å². The summed E-state index contributed by atoms with van der Waals surface area (Å²) in [7, 11) is 1.79. The lowest BCUT2D eigenvalue weighted by atomic mass is 9.90. The second-order valence-electron chi connectivity index (χ2n) is 9.10. The van der Waals surface area contributed by atoms with Crippen LogP contribution in [0.5, 0.6) is 0 Å². The molecule has 0 amide bonds. The summed E-state index contributed by atoms with van der Waals surface area (Å²) in [4.78, 5) is 17.3. The van der Waals surface area contributed by atoms with Crippen molar-refractivity contribution in [2.24, 2.45) is 0 Å². The largest absolute Gasteiger partial charge is 0.478 e. The lowest BCUT2D eigenvalue weighted by molar-refractivity contribution is 0.00687. The number of methoxy groups -OCH3 is 1. The van der Waals surface area contributed by atoms with E-state index >= 15 is 0 Å². The van der Waals surface area contributed by atoms with Crippen LogP contribution in [0.3, 0.4) is 0 Å². The van der Waals surface area contributed by atoms with Crippen molar-refractivity contribution >= 4 is 16.9 Å². The Balaban J connectivity index is 1.51. The van der Waals surface area contributed by atoms with Gasteiger partial charge in [0.05, 0.1) is 11.7 Å². The minimum absolute atomic E-state index is 0.212. The fourth-order valence-electron chi connectivity index (χ4n) is 5.21. The molecule has 1 unspecified atom stereocenters. The molecule has 1 aromatic heterocycles. The molecule has 2 atom stereocenters. The van der Waals surface area contributed by atoms with Gasteiger partial charge < -0.3 is 14.8 Å². The first-order chi connectivity index (χ1) is 15.0. The second kappa shape index (κ2) is 8.13. The van der Waals surface area contributed by atoms with E-state index in [1.165, 1.54) is 40.4 Å². The zero-order chi connectivity index (χ0) is 21.5. The zero-order valence-electron chi connectivity index (χ0n) is 18.2. The van der Waals surface area contributed by atoms with E-state index in [4.69, 9.17) is 4.74 Å². The van der Waals surface area contributed by atoms with Crippen molar-refractivity contribution < 1.29 is 14.6 Å². The van der Waals surface area contributed by atoms with Crippen LogP contribution < -0.4 is 0 Å². The van der Waals surface area contributed by atoms with Crippen molar-refractivity contribution in [1.82, 2.24) is 9.88 Å². The smallest absolute Gasteiger partial charge is 0.335 e. The highest BCUT2D eigenvalue weighted by Crippen LogP contribution is 2.45. The first-order valence-corrected chi connectivity index (χ1v) is 11.2. The van der Waals surface area contributed by atoms with Crippen molar-refractivity contribution in [2.75, 3.05) is 13.7 Å². The number of likely N-dealkylation sites (tertiary alicyclic amines) is 1. The lowest BCUT2D eigenvalue weighted by Gasteiger charge is -2.40. The number of rotatable bonds is 6. The summed E-state index contributed by atoms with van der Waals surface area (Å²) >= 11 is 0. The maximum absolute atomic E-state index is 11.3. The number of fused-ring (bicyclic) bond motifs is 1. The van der Waals surface area contributed by atoms with E-state index in [1.54, 1.807) is 19.2 Å². The van der Waals surface area contributed by atoms with Crippen LogP contribution >= 0.6 is 0 Å². The Kier molecular flexibility index (Phi) is 5.32. The van der Waals surface area contributed by atoms with Gasteiger partial charge in [0.25, 0.3) is 0 Å². The number of aromatic nitrogens is 1. The summed E-state index contributed by atoms with van der Waals surface area (Å²) in [5.41, 5.74) is 7.03. The molecule has 1 aliphatic heterocycles. The molecule has 1 saturated carbocycles. The van der Waals surface area contributed by atoms with Gasteiger partial charge >= 0.3 is 5.97 Å². The number of H-pyrrole nitrogens is 1. The average Bonchev–Trinajstić information content (AvgIpc) is 3.51. The molecule has 2 aliphatic rings. The third-order valence-corrected chi connectivity index (χ3v) is 7.11. The van der Waals surface area contributed by atoms with Crippen LogP contribution in [0, 0.1) is 6.92 Å². The maximum atomic E-state index is 11.3. The number of ether oxygens (including phenoxy) is 1. The van der Waals surface area contributed by atoms with E-state index < -0.39 is 5.97 Å². The normalized spacial score (nSPS) is 22.1. The lowest BCUT2D eigenvalue weighted by Crippen LogP contribution is -2.39. The van der Waals surface area contributed by atoms with Gasteiger partial charge in [0.2, 0.25) is 0 Å². The Morgan fingerprint density at radius 1 is 1.19 bits per heavy atom. The molecule has 0 radical (unpaired) electrons. The number of nitrogens with zero attached hydrogens (tertiary/aromatic N) is 1. The van der Waals surface area contributed by atoms with Crippen molar-refractivity contribution in [3.63, 3.8) is 0 Å². The highest BCUT2D eigenvalue weighted by Gasteiger charge is 2.33. The fraction of sp³-hybridized carbons (Fsp3) is 0.423. The first kappa shape index (κ1) is 20.3. The number of aromatic amines is 1. The molecule has 3 aromatic rings. The van der Waals surface area contributed by atoms with Crippen molar-refractivity contribution in [3.8, 4) is 0 Å². The van der Waals surface area contributed by atoms with Crippen molar-refractivity contribution in [3.05, 3.63) is 70.4 Å². The molecule has 5 rings (SSSR count). The standard InChI is InChI=1S/C26H30N2O3/c1-16-13-22(17-3-4-17)23(21-9-11-27-25(16)21)15-28-12-10-20(31-2)14-24(28)18-5-7-19(8-6-18)26(29)30/h5-9,11,13,17,20,24,27H,3-4,10,12,14-15H2,1-2H3,(H,29,30)/t20?,24-/m1/s1. The topological polar surface area (TPSA) is 65.6 Å². The van der Waals surface area contributed by atoms with Gasteiger partial charge in [-0.2, -0.15) is 0 Å². The molecule has 0 bridgehead atoms. The van der Waals surface area contributed by atoms with Crippen LogP contribution in [-0.2, 0) is 11.3 Å². The number of hydrogen-bond donors (Lipinski definition) is 2. The van der Waals surface area contributed by atoms with Crippen LogP contribution in [0.2, 0.25) is 0 Å². The molecular weight excluding hydrogens is 388 g/mol. The van der Waals surface area contributed by atoms with Gasteiger partial charge in [0.1, 0.15) is 0 Å². The Morgan fingerprint density at radius 2 is 1.97 bits per heavy atom. The molecule has 162 valence electrons. The number of carbonyl (C=O) groups is 1. The van der Waals surface area contributed by atoms with Crippen LogP contribution in [0.15, 0.2) is 42.6 Å². The van der Waals surface area contributed by atoms with Crippen LogP contribution in [0.4, 0.5) is 0 Å². The highest BCUT2D eigenvalue weighted by atomic mass is 16.5. The quantitative estimate of drug-likeness (QED) is 0.562. The van der Waals surface area contributed by atoms with Crippen LogP contribution in [0.1, 0.15) is 70.3 Å². The number of carboxylic acids is 1. The van der Waals surface area contributed by atoms with Gasteiger partial charge in [-0.1, -0.05) is 18.2 Å². The molecule has 31 heavy (non-hydrogen) atoms. The summed E-state index contributed by atoms with van der Waals surface area (Å²) in [5, 5.41) is 10.6. The fourth-order valence-corrected chi connectivity index (χ4v) is 5.21. The number of piperidine rings is 1. The van der Waals surface area contributed by atoms with E-state index in [1.807, 2.05) is 12.1 Å². The Bertz CT molecular complexity index is 1100. The SMILES string of the molecule is COC1CCN(Cc2c(C3CC3)cc(C)c3[nH]ccc23)[C@@H](c2ccc(C(=O)O)cc2)C1. The Hall–Kier alpha value is -2.63. The first-order valence-electron chi connectivity index (χ1n) is 11.2. The molecule has 2 aromatic carbocycles. The van der Waals surface area contributed by atoms with E-state index in [-0.39, 0.29) is 12.1 Å². The van der Waals surface area contributed by atoms with Gasteiger partial charge in [0.15, 0.2) is 0 Å². The van der Waals surface area contributed by atoms with Gasteiger partial charge in [-0.25, -0.2) is 4.79 Å². The van der Waals surface area contributed by atoms with Gasteiger partial charge in [-0.05, 0) is 79.0 Å². The molecule has 2 heterocycles. The van der Waals surface area contributed by atoms with Gasteiger partial charge in [-0.15, -0.1) is 0 Å². The third kappa shape index (κ3) is 3.88. The van der Waals surface area contributed by atoms with Gasteiger partial charge in [-0.3, -0.25) is 4.90 Å². The predicted molar refractivity (Wildman–Crippen MR) is 122 cm³/mol. The summed E-state index contributed by atoms with van der Waals surface area (Å²) in [5.74, 6) is -0.191. The minimum atomic E-state index is -0.884. The second-order valence-corrected chi connectivity index (χ2v) is 9.10. The number of aromatic carboxylic acids is 1. The summed E-state index contributed by atoms with van der Waals surface area (Å²) in [6.07, 6.45) is 6.79. The Labute approximate surface area is 183 Å². The maximum Gasteiger partial charge on any atom is 0.335 e. The molecule has 1 saturated heterocycles. The number of hydrogen-bond acceptors (Lipinski definition) is 3. The van der Waals surface area contributed by atoms with E-state index in [2.05, 4.69) is 35.1 Å². The minimum Gasteiger partial charge on any atom is -0.478 e. The number of carboxylic acid groups (broad SMARTS) is 1. The van der Waals surface area contributed by atoms with E-state index in [0.29, 0.717) is 11.5 Å². The number of aryl methyl sites for hydroxylation is 1. The molecule has 1 aliphatic carbocycles. The summed E-state index contributed by atoms with van der Waals surface area (Å²) in [6.45, 7) is 4.07. The van der Waals surface area contributed by atoms with Crippen molar-refractivity contribution in [1.29, 1.82) is 0 Å². The van der Waals surface area contributed by atoms with E-state index in [9.17, 15) is 9.90 Å². The third-order valence-electron chi connectivity index (χ3n) is 7.11. The molecule has 5 heteroatoms. The molecule has 2 fully saturated rings. The Morgan fingerprint density at radius 3 is 2.65 bits per heavy atom. The monoisotopic (exact) mass is 418 g/mol. The number of nitrogens with one attached hydrogen (secondary N) is 1. The van der Waals surface area contributed by atoms with E-state index in [0.717, 1.165) is 31.5 Å². The molecule has 2 N–H and O–H groups in total. The molecule has 0 spiro atoms. The summed E-state index contributed by atoms with van der Waals surface area (Å²) < 4.78 is 5.72.